The van der Waals surface area contributed by atoms with Crippen molar-refractivity contribution in [2.45, 2.75) is 58.8 Å². The Hall–Kier alpha value is -1.73. The minimum atomic E-state index is -0.470. The maximum atomic E-state index is 11.9. The highest BCUT2D eigenvalue weighted by molar-refractivity contribution is 6.62. The molecule has 0 saturated carbocycles. The summed E-state index contributed by atoms with van der Waals surface area (Å²) in [4.78, 5) is 11.9. The molecule has 2 amide bonds. The van der Waals surface area contributed by atoms with Crippen molar-refractivity contribution in [3.05, 3.63) is 18.2 Å². The molecule has 0 atom stereocenters. The van der Waals surface area contributed by atoms with Crippen LogP contribution in [0.2, 0.25) is 0 Å². The first-order valence-corrected chi connectivity index (χ1v) is 8.17. The van der Waals surface area contributed by atoms with Gasteiger partial charge in [-0.1, -0.05) is 6.07 Å². The van der Waals surface area contributed by atoms with E-state index in [2.05, 4.69) is 10.6 Å². The molecular weight excluding hydrogens is 307 g/mol. The Balaban J connectivity index is 2.19. The van der Waals surface area contributed by atoms with E-state index in [0.717, 1.165) is 5.46 Å². The smallest absolute Gasteiger partial charge is 0.494 e. The Morgan fingerprint density at radius 3 is 2.25 bits per heavy atom. The summed E-state index contributed by atoms with van der Waals surface area (Å²) in [7, 11) is 1.09. The van der Waals surface area contributed by atoms with Crippen molar-refractivity contribution >= 4 is 24.3 Å². The SMILES string of the molecule is COc1cc(B2OC(C)(C)C(C)(C)O2)ccc1NC(=O)NC(C)C. The zero-order valence-electron chi connectivity index (χ0n) is 15.5. The molecule has 0 unspecified atom stereocenters. The summed E-state index contributed by atoms with van der Waals surface area (Å²) in [6.07, 6.45) is 0. The molecule has 0 radical (unpaired) electrons. The van der Waals surface area contributed by atoms with Crippen LogP contribution in [0.3, 0.4) is 0 Å². The van der Waals surface area contributed by atoms with Crippen molar-refractivity contribution < 1.29 is 18.8 Å². The van der Waals surface area contributed by atoms with Crippen LogP contribution in [0.15, 0.2) is 18.2 Å². The summed E-state index contributed by atoms with van der Waals surface area (Å²) in [5.74, 6) is 0.557. The van der Waals surface area contributed by atoms with Gasteiger partial charge >= 0.3 is 13.1 Å². The molecule has 132 valence electrons. The van der Waals surface area contributed by atoms with Gasteiger partial charge in [-0.15, -0.1) is 0 Å². The predicted molar refractivity (Wildman–Crippen MR) is 96.0 cm³/mol. The molecule has 1 aliphatic heterocycles. The first-order valence-electron chi connectivity index (χ1n) is 8.17. The van der Waals surface area contributed by atoms with Crippen LogP contribution in [0.1, 0.15) is 41.5 Å². The molecule has 0 aromatic heterocycles. The van der Waals surface area contributed by atoms with E-state index in [4.69, 9.17) is 14.0 Å². The lowest BCUT2D eigenvalue weighted by molar-refractivity contribution is 0.00578. The van der Waals surface area contributed by atoms with Gasteiger partial charge in [0.05, 0.1) is 24.0 Å². The quantitative estimate of drug-likeness (QED) is 0.831. The first-order chi connectivity index (χ1) is 11.1. The highest BCUT2D eigenvalue weighted by Gasteiger charge is 2.51. The molecule has 0 spiro atoms. The maximum Gasteiger partial charge on any atom is 0.494 e. The molecule has 7 heteroatoms. The van der Waals surface area contributed by atoms with E-state index in [1.807, 2.05) is 53.7 Å². The third-order valence-corrected chi connectivity index (χ3v) is 4.42. The van der Waals surface area contributed by atoms with Crippen LogP contribution in [-0.2, 0) is 9.31 Å². The van der Waals surface area contributed by atoms with E-state index in [1.54, 1.807) is 13.2 Å². The number of hydrogen-bond acceptors (Lipinski definition) is 4. The van der Waals surface area contributed by atoms with E-state index >= 15 is 0 Å². The number of rotatable bonds is 4. The van der Waals surface area contributed by atoms with Crippen molar-refractivity contribution in [3.63, 3.8) is 0 Å². The van der Waals surface area contributed by atoms with Gasteiger partial charge in [0.1, 0.15) is 5.75 Å². The summed E-state index contributed by atoms with van der Waals surface area (Å²) in [5.41, 5.74) is 0.633. The third-order valence-electron chi connectivity index (χ3n) is 4.42. The van der Waals surface area contributed by atoms with Gasteiger partial charge in [-0.25, -0.2) is 4.79 Å². The number of ether oxygens (including phenoxy) is 1. The van der Waals surface area contributed by atoms with Crippen LogP contribution >= 0.6 is 0 Å². The average Bonchev–Trinajstić information content (AvgIpc) is 2.66. The molecule has 0 aliphatic carbocycles. The van der Waals surface area contributed by atoms with Gasteiger partial charge < -0.3 is 24.7 Å². The van der Waals surface area contributed by atoms with Gasteiger partial charge in [0.15, 0.2) is 0 Å². The van der Waals surface area contributed by atoms with E-state index in [1.165, 1.54) is 0 Å². The largest absolute Gasteiger partial charge is 0.495 e. The second-order valence-corrected chi connectivity index (χ2v) is 7.30. The Morgan fingerprint density at radius 2 is 1.75 bits per heavy atom. The van der Waals surface area contributed by atoms with Gasteiger partial charge in [0, 0.05) is 6.04 Å². The summed E-state index contributed by atoms with van der Waals surface area (Å²) in [6.45, 7) is 11.8. The zero-order chi connectivity index (χ0) is 18.1. The van der Waals surface area contributed by atoms with Gasteiger partial charge in [0.25, 0.3) is 0 Å². The number of hydrogen-bond donors (Lipinski definition) is 2. The standard InChI is InChI=1S/C17H27BN2O4/c1-11(2)19-15(21)20-13-9-8-12(10-14(13)22-7)18-23-16(3,4)17(5,6)24-18/h8-11H,1-7H3,(H2,19,20,21). The van der Waals surface area contributed by atoms with Crippen LogP contribution < -0.4 is 20.8 Å². The molecule has 2 rings (SSSR count). The van der Waals surface area contributed by atoms with E-state index < -0.39 is 18.3 Å². The number of methoxy groups -OCH3 is 1. The topological polar surface area (TPSA) is 68.8 Å². The van der Waals surface area contributed by atoms with Crippen molar-refractivity contribution in [2.75, 3.05) is 12.4 Å². The summed E-state index contributed by atoms with van der Waals surface area (Å²) in [6, 6.07) is 5.27. The lowest BCUT2D eigenvalue weighted by atomic mass is 9.79. The van der Waals surface area contributed by atoms with Crippen LogP contribution in [-0.4, -0.2) is 37.5 Å². The number of nitrogens with one attached hydrogen (secondary N) is 2. The molecule has 1 fully saturated rings. The van der Waals surface area contributed by atoms with Crippen molar-refractivity contribution in [1.29, 1.82) is 0 Å². The Morgan fingerprint density at radius 1 is 1.17 bits per heavy atom. The monoisotopic (exact) mass is 334 g/mol. The number of anilines is 1. The second-order valence-electron chi connectivity index (χ2n) is 7.30. The summed E-state index contributed by atoms with van der Waals surface area (Å²) in [5, 5.41) is 5.57. The van der Waals surface area contributed by atoms with Gasteiger partial charge in [-0.05, 0) is 59.1 Å². The molecule has 2 N–H and O–H groups in total. The summed E-state index contributed by atoms with van der Waals surface area (Å²) < 4.78 is 17.5. The van der Waals surface area contributed by atoms with Gasteiger partial charge in [-0.3, -0.25) is 0 Å². The number of amides is 2. The molecule has 1 aromatic rings. The molecule has 6 nitrogen and oxygen atoms in total. The molecule has 1 saturated heterocycles. The van der Waals surface area contributed by atoms with Crippen LogP contribution in [0, 0.1) is 0 Å². The predicted octanol–water partition coefficient (Wildman–Crippen LogP) is 2.52. The van der Waals surface area contributed by atoms with Gasteiger partial charge in [0.2, 0.25) is 0 Å². The minimum absolute atomic E-state index is 0.0556. The number of carbonyl (C=O) groups is 1. The highest BCUT2D eigenvalue weighted by atomic mass is 16.7. The lowest BCUT2D eigenvalue weighted by Gasteiger charge is -2.32. The lowest BCUT2D eigenvalue weighted by Crippen LogP contribution is -2.41. The number of benzene rings is 1. The van der Waals surface area contributed by atoms with E-state index in [-0.39, 0.29) is 12.1 Å². The minimum Gasteiger partial charge on any atom is -0.495 e. The highest BCUT2D eigenvalue weighted by Crippen LogP contribution is 2.37. The fourth-order valence-corrected chi connectivity index (χ4v) is 2.36. The second kappa shape index (κ2) is 6.65. The van der Waals surface area contributed by atoms with Crippen molar-refractivity contribution in [1.82, 2.24) is 5.32 Å². The Kier molecular flexibility index (Phi) is 5.15. The molecule has 1 heterocycles. The van der Waals surface area contributed by atoms with Gasteiger partial charge in [-0.2, -0.15) is 0 Å². The van der Waals surface area contributed by atoms with Crippen LogP contribution in [0.25, 0.3) is 0 Å². The fraction of sp³-hybridized carbons (Fsp3) is 0.588. The number of urea groups is 1. The molecular formula is C17H27BN2O4. The molecule has 1 aliphatic rings. The maximum absolute atomic E-state index is 11.9. The third kappa shape index (κ3) is 3.84. The van der Waals surface area contributed by atoms with Crippen molar-refractivity contribution in [3.8, 4) is 5.75 Å². The zero-order valence-corrected chi connectivity index (χ0v) is 15.5. The van der Waals surface area contributed by atoms with Crippen molar-refractivity contribution in [2.24, 2.45) is 0 Å². The first kappa shape index (κ1) is 18.6. The van der Waals surface area contributed by atoms with Crippen LogP contribution in [0.5, 0.6) is 5.75 Å². The van der Waals surface area contributed by atoms with E-state index in [9.17, 15) is 4.79 Å². The summed E-state index contributed by atoms with van der Waals surface area (Å²) >= 11 is 0. The Bertz CT molecular complexity index is 601. The molecule has 1 aromatic carbocycles. The number of carbonyl (C=O) groups excluding carboxylic acids is 1. The Labute approximate surface area is 144 Å². The van der Waals surface area contributed by atoms with Crippen LogP contribution in [0.4, 0.5) is 10.5 Å². The average molecular weight is 334 g/mol. The normalized spacial score (nSPS) is 18.6. The molecule has 0 bridgehead atoms. The fourth-order valence-electron chi connectivity index (χ4n) is 2.36. The molecule has 24 heavy (non-hydrogen) atoms. The van der Waals surface area contributed by atoms with E-state index in [0.29, 0.717) is 11.4 Å².